The van der Waals surface area contributed by atoms with E-state index >= 15 is 0 Å². The summed E-state index contributed by atoms with van der Waals surface area (Å²) in [5.41, 5.74) is 0. The fourth-order valence-corrected chi connectivity index (χ4v) is 0.790. The van der Waals surface area contributed by atoms with Gasteiger partial charge in [0.15, 0.2) is 0 Å². The second-order valence-electron chi connectivity index (χ2n) is 1.90. The quantitative estimate of drug-likeness (QED) is 0.422. The summed E-state index contributed by atoms with van der Waals surface area (Å²) in [6.07, 6.45) is 2.64. The van der Waals surface area contributed by atoms with Crippen LogP contribution in [0.25, 0.3) is 5.32 Å². The van der Waals surface area contributed by atoms with Gasteiger partial charge in [0, 0.05) is 0 Å². The molecule has 1 unspecified atom stereocenters. The summed E-state index contributed by atoms with van der Waals surface area (Å²) < 4.78 is 0. The van der Waals surface area contributed by atoms with Crippen molar-refractivity contribution in [2.45, 2.75) is 25.8 Å². The van der Waals surface area contributed by atoms with E-state index < -0.39 is 0 Å². The minimum Gasteiger partial charge on any atom is -0.660 e. The minimum atomic E-state index is 0.671. The molecule has 0 aliphatic carbocycles. The zero-order valence-corrected chi connectivity index (χ0v) is 4.15. The molecular formula is C5H10N-. The van der Waals surface area contributed by atoms with Crippen molar-refractivity contribution < 1.29 is 0 Å². The topological polar surface area (TPSA) is 14.1 Å². The predicted octanol–water partition coefficient (Wildman–Crippen LogP) is 1.54. The molecule has 1 aliphatic rings. The second kappa shape index (κ2) is 1.61. The van der Waals surface area contributed by atoms with Gasteiger partial charge >= 0.3 is 0 Å². The minimum absolute atomic E-state index is 0.671. The zero-order valence-electron chi connectivity index (χ0n) is 4.15. The Kier molecular flexibility index (Phi) is 1.10. The monoisotopic (exact) mass is 84.1 g/mol. The van der Waals surface area contributed by atoms with E-state index in [1.165, 1.54) is 12.8 Å². The van der Waals surface area contributed by atoms with E-state index in [9.17, 15) is 0 Å². The normalized spacial score (nSPS) is 34.5. The van der Waals surface area contributed by atoms with Crippen molar-refractivity contribution in [2.75, 3.05) is 6.54 Å². The van der Waals surface area contributed by atoms with Crippen LogP contribution in [0, 0.1) is 0 Å². The van der Waals surface area contributed by atoms with Gasteiger partial charge in [-0.1, -0.05) is 19.8 Å². The molecule has 1 aliphatic heterocycles. The highest BCUT2D eigenvalue weighted by Gasteiger charge is 1.93. The van der Waals surface area contributed by atoms with Gasteiger partial charge in [0.05, 0.1) is 0 Å². The molecule has 0 aromatic heterocycles. The number of nitrogens with zero attached hydrogens (tertiary/aromatic N) is 1. The summed E-state index contributed by atoms with van der Waals surface area (Å²) in [5.74, 6) is 0. The van der Waals surface area contributed by atoms with Crippen LogP contribution in [-0.4, -0.2) is 12.6 Å². The van der Waals surface area contributed by atoms with Gasteiger partial charge in [0.2, 0.25) is 0 Å². The maximum absolute atomic E-state index is 4.24. The molecule has 1 heteroatoms. The van der Waals surface area contributed by atoms with Crippen LogP contribution in [0.15, 0.2) is 0 Å². The lowest BCUT2D eigenvalue weighted by Gasteiger charge is -2.14. The molecule has 6 heavy (non-hydrogen) atoms. The Labute approximate surface area is 38.7 Å². The molecule has 1 saturated heterocycles. The molecule has 1 heterocycles. The lowest BCUT2D eigenvalue weighted by Crippen LogP contribution is -1.86. The average Bonchev–Trinajstić information content (AvgIpc) is 1.86. The molecule has 1 nitrogen and oxygen atoms in total. The standard InChI is InChI=1S/C5H10N/c1-5-3-2-4-6-5/h5H,2-4H2,1H3/q-1. The molecule has 0 bridgehead atoms. The SMILES string of the molecule is CC1CCC[N-]1. The number of rotatable bonds is 0. The summed E-state index contributed by atoms with van der Waals surface area (Å²) in [6.45, 7) is 3.29. The van der Waals surface area contributed by atoms with Crippen molar-refractivity contribution in [1.82, 2.24) is 0 Å². The van der Waals surface area contributed by atoms with E-state index in [0.29, 0.717) is 6.04 Å². The molecule has 1 atom stereocenters. The Balaban J connectivity index is 2.18. The number of hydrogen-bond acceptors (Lipinski definition) is 0. The fraction of sp³-hybridized carbons (Fsp3) is 1.00. The number of hydrogen-bond donors (Lipinski definition) is 0. The first-order chi connectivity index (χ1) is 2.89. The van der Waals surface area contributed by atoms with E-state index in [1.54, 1.807) is 0 Å². The molecule has 0 aromatic carbocycles. The highest BCUT2D eigenvalue weighted by molar-refractivity contribution is 4.94. The zero-order chi connectivity index (χ0) is 4.41. The van der Waals surface area contributed by atoms with Crippen LogP contribution in [0.4, 0.5) is 0 Å². The van der Waals surface area contributed by atoms with Gasteiger partial charge in [-0.2, -0.15) is 0 Å². The molecule has 36 valence electrons. The fourth-order valence-electron chi connectivity index (χ4n) is 0.790. The van der Waals surface area contributed by atoms with Gasteiger partial charge in [-0.25, -0.2) is 0 Å². The lowest BCUT2D eigenvalue weighted by atomic mass is 10.3. The molecule has 1 fully saturated rings. The van der Waals surface area contributed by atoms with Crippen molar-refractivity contribution in [3.63, 3.8) is 0 Å². The van der Waals surface area contributed by atoms with E-state index in [1.807, 2.05) is 0 Å². The Morgan fingerprint density at radius 1 is 1.67 bits per heavy atom. The highest BCUT2D eigenvalue weighted by atomic mass is 14.9. The summed E-state index contributed by atoms with van der Waals surface area (Å²) in [7, 11) is 0. The Bertz CT molecular complexity index is 37.2. The first kappa shape index (κ1) is 4.13. The van der Waals surface area contributed by atoms with Crippen molar-refractivity contribution in [3.8, 4) is 0 Å². The molecule has 0 spiro atoms. The van der Waals surface area contributed by atoms with Crippen molar-refractivity contribution in [1.29, 1.82) is 0 Å². The highest BCUT2D eigenvalue weighted by Crippen LogP contribution is 2.15. The Hall–Kier alpha value is -0.0400. The largest absolute Gasteiger partial charge is 0.660 e. The van der Waals surface area contributed by atoms with Gasteiger partial charge in [0.1, 0.15) is 0 Å². The van der Waals surface area contributed by atoms with Gasteiger partial charge in [0.25, 0.3) is 0 Å². The smallest absolute Gasteiger partial charge is 0.0714 e. The first-order valence-corrected chi connectivity index (χ1v) is 2.56. The third kappa shape index (κ3) is 0.716. The maximum atomic E-state index is 4.24. The average molecular weight is 84.1 g/mol. The molecule has 0 amide bonds. The Morgan fingerprint density at radius 3 is 2.67 bits per heavy atom. The summed E-state index contributed by atoms with van der Waals surface area (Å²) in [5, 5.41) is 4.24. The van der Waals surface area contributed by atoms with E-state index in [0.717, 1.165) is 6.54 Å². The molecule has 1 rings (SSSR count). The van der Waals surface area contributed by atoms with Gasteiger partial charge in [-0.15, -0.1) is 12.6 Å². The van der Waals surface area contributed by atoms with Gasteiger partial charge < -0.3 is 5.32 Å². The van der Waals surface area contributed by atoms with E-state index in [4.69, 9.17) is 0 Å². The predicted molar refractivity (Wildman–Crippen MR) is 26.9 cm³/mol. The van der Waals surface area contributed by atoms with E-state index in [2.05, 4.69) is 12.2 Å². The van der Waals surface area contributed by atoms with Crippen molar-refractivity contribution in [3.05, 3.63) is 5.32 Å². The van der Waals surface area contributed by atoms with Crippen LogP contribution in [0.5, 0.6) is 0 Å². The molecule has 0 N–H and O–H groups in total. The van der Waals surface area contributed by atoms with Crippen LogP contribution in [0.1, 0.15) is 19.8 Å². The van der Waals surface area contributed by atoms with Crippen molar-refractivity contribution >= 4 is 0 Å². The van der Waals surface area contributed by atoms with Crippen LogP contribution < -0.4 is 0 Å². The van der Waals surface area contributed by atoms with Crippen LogP contribution in [0.3, 0.4) is 0 Å². The third-order valence-electron chi connectivity index (χ3n) is 1.22. The van der Waals surface area contributed by atoms with E-state index in [-0.39, 0.29) is 0 Å². The molecule has 0 radical (unpaired) electrons. The molecular weight excluding hydrogens is 74.1 g/mol. The van der Waals surface area contributed by atoms with Gasteiger partial charge in [-0.3, -0.25) is 0 Å². The summed E-state index contributed by atoms with van der Waals surface area (Å²) in [4.78, 5) is 0. The summed E-state index contributed by atoms with van der Waals surface area (Å²) in [6, 6.07) is 0.671. The third-order valence-corrected chi connectivity index (χ3v) is 1.22. The van der Waals surface area contributed by atoms with Crippen molar-refractivity contribution in [2.24, 2.45) is 0 Å². The summed E-state index contributed by atoms with van der Waals surface area (Å²) >= 11 is 0. The van der Waals surface area contributed by atoms with Gasteiger partial charge in [-0.05, 0) is 0 Å². The van der Waals surface area contributed by atoms with Crippen LogP contribution >= 0.6 is 0 Å². The Morgan fingerprint density at radius 2 is 2.50 bits per heavy atom. The molecule has 0 saturated carbocycles. The van der Waals surface area contributed by atoms with Crippen LogP contribution in [0.2, 0.25) is 0 Å². The maximum Gasteiger partial charge on any atom is -0.0714 e. The first-order valence-electron chi connectivity index (χ1n) is 2.56. The lowest BCUT2D eigenvalue weighted by molar-refractivity contribution is 0.810. The molecule has 0 aromatic rings. The van der Waals surface area contributed by atoms with Crippen LogP contribution in [-0.2, 0) is 0 Å². The second-order valence-corrected chi connectivity index (χ2v) is 1.90.